The number of methoxy groups -OCH3 is 1. The summed E-state index contributed by atoms with van der Waals surface area (Å²) in [5.74, 6) is -0.998. The van der Waals surface area contributed by atoms with Crippen LogP contribution in [0.5, 0.6) is 0 Å². The average molecular weight is 502 g/mol. The first kappa shape index (κ1) is 23.9. The third kappa shape index (κ3) is 4.18. The molecule has 4 heterocycles. The minimum absolute atomic E-state index is 0.143. The van der Waals surface area contributed by atoms with Crippen molar-refractivity contribution >= 4 is 63.6 Å². The summed E-state index contributed by atoms with van der Waals surface area (Å²) in [7, 11) is 1.25. The first-order valence-electron chi connectivity index (χ1n) is 10.6. The van der Waals surface area contributed by atoms with E-state index in [9.17, 15) is 19.2 Å². The number of carbonyl (C=O) groups is 3. The molecule has 12 heteroatoms. The normalized spacial score (nSPS) is 19.8. The number of nitrogens with one attached hydrogen (secondary N) is 1. The van der Waals surface area contributed by atoms with E-state index in [2.05, 4.69) is 5.32 Å². The number of rotatable bonds is 5. The first-order valence-corrected chi connectivity index (χ1v) is 11.9. The van der Waals surface area contributed by atoms with Gasteiger partial charge in [0.1, 0.15) is 21.8 Å². The minimum Gasteiger partial charge on any atom is -0.469 e. The molecule has 2 aliphatic heterocycles. The van der Waals surface area contributed by atoms with Gasteiger partial charge in [0.05, 0.1) is 24.0 Å². The fourth-order valence-corrected chi connectivity index (χ4v) is 5.33. The molecular weight excluding hydrogens is 478 g/mol. The zero-order chi connectivity index (χ0) is 24.6. The Morgan fingerprint density at radius 1 is 1.38 bits per heavy atom. The number of ether oxygens (including phenoxy) is 1. The number of hydrogen-bond acceptors (Lipinski definition) is 9. The molecule has 2 amide bonds. The number of carbonyl (C=O) groups excluding carboxylic acids is 3. The van der Waals surface area contributed by atoms with Crippen molar-refractivity contribution in [3.05, 3.63) is 44.7 Å². The predicted molar refractivity (Wildman–Crippen MR) is 133 cm³/mol. The van der Waals surface area contributed by atoms with Crippen molar-refractivity contribution in [1.29, 1.82) is 0 Å². The number of nitrogens with zero attached hydrogens (tertiary/aromatic N) is 4. The summed E-state index contributed by atoms with van der Waals surface area (Å²) in [6, 6.07) is 2.64. The number of thiocarbonyl (C=S) groups is 1. The topological polar surface area (TPSA) is 113 Å². The third-order valence-electron chi connectivity index (χ3n) is 5.72. The van der Waals surface area contributed by atoms with Crippen LogP contribution in [0.4, 0.5) is 5.82 Å². The molecule has 0 saturated carbocycles. The van der Waals surface area contributed by atoms with Crippen LogP contribution in [0.15, 0.2) is 28.0 Å². The van der Waals surface area contributed by atoms with E-state index in [-0.39, 0.29) is 29.6 Å². The Bertz CT molecular complexity index is 1300. The predicted octanol–water partition coefficient (Wildman–Crippen LogP) is 1.09. The van der Waals surface area contributed by atoms with Crippen LogP contribution < -0.4 is 15.8 Å². The molecule has 0 aromatic carbocycles. The molecule has 178 valence electrons. The van der Waals surface area contributed by atoms with Gasteiger partial charge in [0.2, 0.25) is 5.91 Å². The van der Waals surface area contributed by atoms with Crippen LogP contribution in [0.2, 0.25) is 0 Å². The maximum atomic E-state index is 13.6. The molecule has 1 atom stereocenters. The maximum Gasteiger partial charge on any atom is 0.308 e. The summed E-state index contributed by atoms with van der Waals surface area (Å²) in [6.45, 7) is 4.68. The van der Waals surface area contributed by atoms with Crippen LogP contribution >= 0.6 is 24.0 Å². The molecule has 2 aromatic heterocycles. The first-order chi connectivity index (χ1) is 16.3. The molecule has 2 fully saturated rings. The highest BCUT2D eigenvalue weighted by atomic mass is 32.2. The van der Waals surface area contributed by atoms with E-state index in [4.69, 9.17) is 21.9 Å². The molecule has 2 aromatic rings. The minimum atomic E-state index is -0.920. The Balaban J connectivity index is 1.94. The zero-order valence-corrected chi connectivity index (χ0v) is 20.5. The van der Waals surface area contributed by atoms with Gasteiger partial charge in [-0.3, -0.25) is 28.5 Å². The van der Waals surface area contributed by atoms with E-state index in [1.54, 1.807) is 17.2 Å². The van der Waals surface area contributed by atoms with Gasteiger partial charge in [0, 0.05) is 25.8 Å². The lowest BCUT2D eigenvalue weighted by atomic mass is 10.1. The van der Waals surface area contributed by atoms with Crippen LogP contribution in [-0.2, 0) is 19.1 Å². The monoisotopic (exact) mass is 501 g/mol. The number of aryl methyl sites for hydroxylation is 1. The molecule has 0 spiro atoms. The number of amides is 2. The zero-order valence-electron chi connectivity index (χ0n) is 18.9. The average Bonchev–Trinajstić information content (AvgIpc) is 3.09. The summed E-state index contributed by atoms with van der Waals surface area (Å²) in [5.41, 5.74) is 0.928. The lowest BCUT2D eigenvalue weighted by molar-refractivity contribution is -0.143. The number of likely N-dealkylation sites (N-methyl/N-ethyl adjacent to an activating group) is 1. The number of anilines is 1. The quantitative estimate of drug-likeness (QED) is 0.365. The number of hydrogen-bond donors (Lipinski definition) is 1. The number of pyridine rings is 1. The summed E-state index contributed by atoms with van der Waals surface area (Å²) in [4.78, 5) is 59.4. The largest absolute Gasteiger partial charge is 0.469 e. The van der Waals surface area contributed by atoms with Crippen molar-refractivity contribution in [2.45, 2.75) is 26.3 Å². The van der Waals surface area contributed by atoms with E-state index in [0.29, 0.717) is 34.5 Å². The van der Waals surface area contributed by atoms with E-state index in [1.807, 2.05) is 19.9 Å². The highest BCUT2D eigenvalue weighted by Crippen LogP contribution is 2.34. The van der Waals surface area contributed by atoms with Gasteiger partial charge in [-0.1, -0.05) is 30.0 Å². The van der Waals surface area contributed by atoms with Crippen molar-refractivity contribution in [3.63, 3.8) is 0 Å². The Morgan fingerprint density at radius 2 is 2.15 bits per heavy atom. The lowest BCUT2D eigenvalue weighted by Crippen LogP contribution is -2.57. The van der Waals surface area contributed by atoms with Gasteiger partial charge in [-0.25, -0.2) is 4.98 Å². The number of piperazine rings is 1. The Hall–Kier alpha value is -3.25. The second-order valence-electron chi connectivity index (χ2n) is 7.75. The molecule has 0 aliphatic carbocycles. The fourth-order valence-electron chi connectivity index (χ4n) is 3.96. The third-order valence-corrected chi connectivity index (χ3v) is 7.10. The van der Waals surface area contributed by atoms with Crippen LogP contribution in [0, 0.1) is 6.92 Å². The van der Waals surface area contributed by atoms with Crippen molar-refractivity contribution in [2.24, 2.45) is 0 Å². The maximum absolute atomic E-state index is 13.6. The van der Waals surface area contributed by atoms with E-state index >= 15 is 0 Å². The van der Waals surface area contributed by atoms with Crippen molar-refractivity contribution in [3.8, 4) is 0 Å². The standard InChI is InChI=1S/C22H23N5O5S2/c1-4-25-21(31)15(34-22(25)33)10-13-18(24-17-12(2)6-5-8-27(17)20(13)30)26-9-7-23-19(29)14(26)11-16(28)32-3/h5-6,8,10,14H,4,7,9,11H2,1-3H3,(H,23,29). The van der Waals surface area contributed by atoms with Gasteiger partial charge in [-0.15, -0.1) is 0 Å². The van der Waals surface area contributed by atoms with Gasteiger partial charge >= 0.3 is 5.97 Å². The summed E-state index contributed by atoms with van der Waals surface area (Å²) in [5, 5.41) is 2.75. The van der Waals surface area contributed by atoms with E-state index < -0.39 is 17.6 Å². The van der Waals surface area contributed by atoms with Crippen LogP contribution in [-0.4, -0.2) is 69.2 Å². The molecule has 10 nitrogen and oxygen atoms in total. The van der Waals surface area contributed by atoms with Crippen LogP contribution in [0.1, 0.15) is 24.5 Å². The smallest absolute Gasteiger partial charge is 0.308 e. The van der Waals surface area contributed by atoms with Crippen LogP contribution in [0.25, 0.3) is 11.7 Å². The Morgan fingerprint density at radius 3 is 2.82 bits per heavy atom. The fraction of sp³-hybridized carbons (Fsp3) is 0.364. The van der Waals surface area contributed by atoms with Gasteiger partial charge in [-0.05, 0) is 31.6 Å². The molecule has 1 N–H and O–H groups in total. The number of esters is 1. The van der Waals surface area contributed by atoms with Crippen molar-refractivity contribution < 1.29 is 19.1 Å². The van der Waals surface area contributed by atoms with Crippen molar-refractivity contribution in [1.82, 2.24) is 19.6 Å². The molecular formula is C22H23N5O5S2. The number of fused-ring (bicyclic) bond motifs is 1. The molecule has 1 unspecified atom stereocenters. The van der Waals surface area contributed by atoms with Gasteiger partial charge < -0.3 is 15.0 Å². The van der Waals surface area contributed by atoms with Gasteiger partial charge in [0.25, 0.3) is 11.5 Å². The van der Waals surface area contributed by atoms with Gasteiger partial charge in [0.15, 0.2) is 0 Å². The van der Waals surface area contributed by atoms with Crippen LogP contribution in [0.3, 0.4) is 0 Å². The molecule has 0 bridgehead atoms. The highest BCUT2D eigenvalue weighted by molar-refractivity contribution is 8.26. The molecule has 2 saturated heterocycles. The molecule has 4 rings (SSSR count). The number of thioether (sulfide) groups is 1. The summed E-state index contributed by atoms with van der Waals surface area (Å²) >= 11 is 6.41. The SMILES string of the molecule is CCN1C(=O)C(=Cc2c(N3CCNC(=O)C3CC(=O)OC)nc3c(C)cccn3c2=O)SC1=S. The Kier molecular flexibility index (Phi) is 6.71. The molecule has 0 radical (unpaired) electrons. The van der Waals surface area contributed by atoms with E-state index in [0.717, 1.165) is 17.3 Å². The Labute approximate surface area is 204 Å². The highest BCUT2D eigenvalue weighted by Gasteiger charge is 2.36. The number of aromatic nitrogens is 2. The molecule has 34 heavy (non-hydrogen) atoms. The summed E-state index contributed by atoms with van der Waals surface area (Å²) in [6.07, 6.45) is 2.87. The second-order valence-corrected chi connectivity index (χ2v) is 9.42. The molecule has 2 aliphatic rings. The van der Waals surface area contributed by atoms with E-state index in [1.165, 1.54) is 22.5 Å². The lowest BCUT2D eigenvalue weighted by Gasteiger charge is -2.36. The second kappa shape index (κ2) is 9.55. The van der Waals surface area contributed by atoms with Crippen molar-refractivity contribution in [2.75, 3.05) is 31.6 Å². The summed E-state index contributed by atoms with van der Waals surface area (Å²) < 4.78 is 6.59. The van der Waals surface area contributed by atoms with Gasteiger partial charge in [-0.2, -0.15) is 0 Å².